The van der Waals surface area contributed by atoms with E-state index in [1.165, 1.54) is 6.07 Å². The number of nitrogens with one attached hydrogen (secondary N) is 1. The number of para-hydroxylation sites is 1. The molecule has 0 amide bonds. The molecule has 3 nitrogen and oxygen atoms in total. The van der Waals surface area contributed by atoms with Crippen molar-refractivity contribution in [1.29, 1.82) is 5.26 Å². The lowest BCUT2D eigenvalue weighted by Crippen LogP contribution is -2.00. The number of fused-ring (bicyclic) bond motifs is 1. The Morgan fingerprint density at radius 2 is 1.95 bits per heavy atom. The van der Waals surface area contributed by atoms with Gasteiger partial charge in [0.1, 0.15) is 17.7 Å². The highest BCUT2D eigenvalue weighted by Gasteiger charge is 2.09. The number of halogens is 1. The van der Waals surface area contributed by atoms with Crippen LogP contribution in [0.5, 0.6) is 0 Å². The number of nitriles is 1. The van der Waals surface area contributed by atoms with E-state index >= 15 is 0 Å². The highest BCUT2D eigenvalue weighted by molar-refractivity contribution is 5.83. The molecule has 0 radical (unpaired) electrons. The van der Waals surface area contributed by atoms with E-state index in [1.807, 2.05) is 31.2 Å². The van der Waals surface area contributed by atoms with Crippen LogP contribution in [0.15, 0.2) is 48.5 Å². The van der Waals surface area contributed by atoms with E-state index in [9.17, 15) is 9.65 Å². The fraction of sp³-hybridized carbons (Fsp3) is 0.0588. The predicted octanol–water partition coefficient (Wildman–Crippen LogP) is 4.30. The zero-order valence-electron chi connectivity index (χ0n) is 11.4. The molecule has 3 rings (SSSR count). The molecular weight excluding hydrogens is 265 g/mol. The molecule has 2 aromatic carbocycles. The lowest BCUT2D eigenvalue weighted by atomic mass is 10.1. The molecule has 21 heavy (non-hydrogen) atoms. The molecule has 1 heterocycles. The van der Waals surface area contributed by atoms with Gasteiger partial charge in [0, 0.05) is 5.39 Å². The van der Waals surface area contributed by atoms with Crippen molar-refractivity contribution in [3.8, 4) is 6.07 Å². The van der Waals surface area contributed by atoms with Crippen molar-refractivity contribution in [3.05, 3.63) is 65.5 Å². The normalized spacial score (nSPS) is 10.3. The van der Waals surface area contributed by atoms with Gasteiger partial charge in [-0.1, -0.05) is 24.3 Å². The van der Waals surface area contributed by atoms with Crippen molar-refractivity contribution in [1.82, 2.24) is 4.98 Å². The minimum absolute atomic E-state index is 0.314. The van der Waals surface area contributed by atoms with Gasteiger partial charge in [-0.2, -0.15) is 5.26 Å². The van der Waals surface area contributed by atoms with E-state index in [-0.39, 0.29) is 5.82 Å². The molecule has 1 aromatic heterocycles. The van der Waals surface area contributed by atoms with Crippen molar-refractivity contribution in [2.45, 2.75) is 6.92 Å². The maximum absolute atomic E-state index is 13.8. The van der Waals surface area contributed by atoms with Gasteiger partial charge in [0.25, 0.3) is 0 Å². The summed E-state index contributed by atoms with van der Waals surface area (Å²) in [6, 6.07) is 16.1. The molecule has 0 unspecified atom stereocenters. The molecule has 3 aromatic rings. The Balaban J connectivity index is 2.11. The molecule has 4 heteroatoms. The molecule has 0 saturated carbocycles. The summed E-state index contributed by atoms with van der Waals surface area (Å²) in [5, 5.41) is 13.1. The van der Waals surface area contributed by atoms with E-state index in [0.717, 1.165) is 16.5 Å². The first-order valence-corrected chi connectivity index (χ1v) is 6.50. The number of hydrogen-bond acceptors (Lipinski definition) is 3. The monoisotopic (exact) mass is 277 g/mol. The number of anilines is 2. The molecule has 0 atom stereocenters. The summed E-state index contributed by atoms with van der Waals surface area (Å²) in [4.78, 5) is 4.41. The fourth-order valence-corrected chi connectivity index (χ4v) is 2.16. The molecule has 102 valence electrons. The van der Waals surface area contributed by atoms with Crippen LogP contribution in [0.4, 0.5) is 15.9 Å². The molecule has 0 fully saturated rings. The first kappa shape index (κ1) is 13.1. The lowest BCUT2D eigenvalue weighted by molar-refractivity contribution is 0.631. The SMILES string of the molecule is Cc1ccc(F)c(Nc2nc3ccccc3cc2C#N)c1. The second-order valence-corrected chi connectivity index (χ2v) is 4.80. The topological polar surface area (TPSA) is 48.7 Å². The fourth-order valence-electron chi connectivity index (χ4n) is 2.16. The van der Waals surface area contributed by atoms with Crippen LogP contribution in [-0.2, 0) is 0 Å². The minimum atomic E-state index is -0.376. The van der Waals surface area contributed by atoms with Crippen LogP contribution < -0.4 is 5.32 Å². The molecule has 0 aliphatic rings. The number of pyridine rings is 1. The van der Waals surface area contributed by atoms with Crippen LogP contribution >= 0.6 is 0 Å². The second-order valence-electron chi connectivity index (χ2n) is 4.80. The van der Waals surface area contributed by atoms with Gasteiger partial charge in [0.2, 0.25) is 0 Å². The van der Waals surface area contributed by atoms with E-state index in [2.05, 4.69) is 16.4 Å². The standard InChI is InChI=1S/C17H12FN3/c1-11-6-7-14(18)16(8-11)21-17-13(10-19)9-12-4-2-3-5-15(12)20-17/h2-9H,1H3,(H,20,21). The molecule has 0 saturated heterocycles. The van der Waals surface area contributed by atoms with Gasteiger partial charge >= 0.3 is 0 Å². The number of hydrogen-bond donors (Lipinski definition) is 1. The van der Waals surface area contributed by atoms with E-state index < -0.39 is 0 Å². The largest absolute Gasteiger partial charge is 0.337 e. The predicted molar refractivity (Wildman–Crippen MR) is 80.9 cm³/mol. The van der Waals surface area contributed by atoms with Gasteiger partial charge in [-0.3, -0.25) is 0 Å². The summed E-state index contributed by atoms with van der Waals surface area (Å²) in [5.74, 6) is -0.0138. The van der Waals surface area contributed by atoms with Crippen molar-refractivity contribution < 1.29 is 4.39 Å². The Hall–Kier alpha value is -2.93. The molecule has 0 spiro atoms. The van der Waals surface area contributed by atoms with Crippen LogP contribution in [0.2, 0.25) is 0 Å². The summed E-state index contributed by atoms with van der Waals surface area (Å²) in [5.41, 5.74) is 2.38. The highest BCUT2D eigenvalue weighted by Crippen LogP contribution is 2.25. The number of nitrogens with zero attached hydrogens (tertiary/aromatic N) is 2. The Morgan fingerprint density at radius 1 is 1.14 bits per heavy atom. The summed E-state index contributed by atoms with van der Waals surface area (Å²) in [6.07, 6.45) is 0. The van der Waals surface area contributed by atoms with Crippen molar-refractivity contribution in [3.63, 3.8) is 0 Å². The van der Waals surface area contributed by atoms with E-state index in [4.69, 9.17) is 0 Å². The summed E-state index contributed by atoms with van der Waals surface area (Å²) in [7, 11) is 0. The van der Waals surface area contributed by atoms with Crippen LogP contribution in [-0.4, -0.2) is 4.98 Å². The van der Waals surface area contributed by atoms with Crippen molar-refractivity contribution in [2.75, 3.05) is 5.32 Å². The van der Waals surface area contributed by atoms with Crippen molar-refractivity contribution >= 4 is 22.4 Å². The molecule has 0 bridgehead atoms. The maximum Gasteiger partial charge on any atom is 0.149 e. The zero-order valence-corrected chi connectivity index (χ0v) is 11.4. The number of rotatable bonds is 2. The van der Waals surface area contributed by atoms with Gasteiger partial charge in [-0.25, -0.2) is 9.37 Å². The zero-order chi connectivity index (χ0) is 14.8. The third-order valence-electron chi connectivity index (χ3n) is 3.22. The van der Waals surface area contributed by atoms with E-state index in [0.29, 0.717) is 17.1 Å². The van der Waals surface area contributed by atoms with Gasteiger partial charge in [-0.15, -0.1) is 0 Å². The molecule has 0 aliphatic carbocycles. The van der Waals surface area contributed by atoms with Crippen molar-refractivity contribution in [2.24, 2.45) is 0 Å². The number of aromatic nitrogens is 1. The minimum Gasteiger partial charge on any atom is -0.337 e. The number of aryl methyl sites for hydroxylation is 1. The molecular formula is C17H12FN3. The lowest BCUT2D eigenvalue weighted by Gasteiger charge is -2.10. The Morgan fingerprint density at radius 3 is 2.76 bits per heavy atom. The van der Waals surface area contributed by atoms with Crippen LogP contribution in [0.1, 0.15) is 11.1 Å². The first-order valence-electron chi connectivity index (χ1n) is 6.50. The van der Waals surface area contributed by atoms with Gasteiger partial charge < -0.3 is 5.32 Å². The molecule has 0 aliphatic heterocycles. The van der Waals surface area contributed by atoms with E-state index in [1.54, 1.807) is 18.2 Å². The second kappa shape index (κ2) is 5.22. The Labute approximate surface area is 121 Å². The average Bonchev–Trinajstić information content (AvgIpc) is 2.50. The van der Waals surface area contributed by atoms with Gasteiger partial charge in [0.05, 0.1) is 16.8 Å². The number of benzene rings is 2. The maximum atomic E-state index is 13.8. The van der Waals surface area contributed by atoms with Crippen LogP contribution in [0.3, 0.4) is 0 Å². The third-order valence-corrected chi connectivity index (χ3v) is 3.22. The quantitative estimate of drug-likeness (QED) is 0.759. The third kappa shape index (κ3) is 2.54. The molecule has 1 N–H and O–H groups in total. The van der Waals surface area contributed by atoms with Gasteiger partial charge in [0.15, 0.2) is 0 Å². The van der Waals surface area contributed by atoms with Crippen LogP contribution in [0, 0.1) is 24.1 Å². The van der Waals surface area contributed by atoms with Crippen LogP contribution in [0.25, 0.3) is 10.9 Å². The average molecular weight is 277 g/mol. The van der Waals surface area contributed by atoms with Gasteiger partial charge in [-0.05, 0) is 36.8 Å². The highest BCUT2D eigenvalue weighted by atomic mass is 19.1. The smallest absolute Gasteiger partial charge is 0.149 e. The first-order chi connectivity index (χ1) is 10.2. The summed E-state index contributed by atoms with van der Waals surface area (Å²) >= 11 is 0. The summed E-state index contributed by atoms with van der Waals surface area (Å²) in [6.45, 7) is 1.88. The summed E-state index contributed by atoms with van der Waals surface area (Å²) < 4.78 is 13.8. The Bertz CT molecular complexity index is 866. The Kier molecular flexibility index (Phi) is 3.25.